The Bertz CT molecular complexity index is 331. The molecule has 1 aromatic rings. The van der Waals surface area contributed by atoms with Crippen LogP contribution in [0.4, 0.5) is 5.82 Å². The van der Waals surface area contributed by atoms with Crippen LogP contribution in [-0.2, 0) is 0 Å². The maximum Gasteiger partial charge on any atom is 0.127 e. The minimum Gasteiger partial charge on any atom is -0.383 e. The van der Waals surface area contributed by atoms with E-state index in [0.717, 1.165) is 5.82 Å². The lowest BCUT2D eigenvalue weighted by atomic mass is 9.82. The van der Waals surface area contributed by atoms with E-state index in [1.54, 1.807) is 6.20 Å². The smallest absolute Gasteiger partial charge is 0.127 e. The summed E-state index contributed by atoms with van der Waals surface area (Å²) in [6, 6.07) is 2.06. The Hall–Kier alpha value is -0.570. The van der Waals surface area contributed by atoms with E-state index < -0.39 is 0 Å². The van der Waals surface area contributed by atoms with Crippen LogP contribution < -0.4 is 5.73 Å². The van der Waals surface area contributed by atoms with Gasteiger partial charge in [-0.05, 0) is 43.7 Å². The Morgan fingerprint density at radius 1 is 1.47 bits per heavy atom. The van der Waals surface area contributed by atoms with Gasteiger partial charge in [0.2, 0.25) is 0 Å². The van der Waals surface area contributed by atoms with Gasteiger partial charge in [-0.15, -0.1) is 0 Å². The molecule has 1 aliphatic carbocycles. The van der Waals surface area contributed by atoms with Crippen LogP contribution in [0.2, 0.25) is 0 Å². The van der Waals surface area contributed by atoms with Gasteiger partial charge in [0.1, 0.15) is 5.82 Å². The van der Waals surface area contributed by atoms with Crippen molar-refractivity contribution in [2.45, 2.75) is 43.4 Å². The number of aromatic nitrogens is 1. The summed E-state index contributed by atoms with van der Waals surface area (Å²) >= 11 is 3.71. The molecule has 0 bridgehead atoms. The Morgan fingerprint density at radius 3 is 2.93 bits per heavy atom. The molecule has 1 fully saturated rings. The standard InChI is InChI=1S/C12H17BrN2/c1-8-5-6-15-12(14)11(8)9-3-2-4-10(13)7-9/h5-6,9-10H,2-4,7H2,1H3,(H2,14,15). The number of aryl methyl sites for hydroxylation is 1. The van der Waals surface area contributed by atoms with E-state index in [1.807, 2.05) is 0 Å². The average Bonchev–Trinajstić information content (AvgIpc) is 2.17. The molecule has 0 amide bonds. The lowest BCUT2D eigenvalue weighted by Gasteiger charge is -2.27. The summed E-state index contributed by atoms with van der Waals surface area (Å²) in [5.41, 5.74) is 8.54. The monoisotopic (exact) mass is 268 g/mol. The summed E-state index contributed by atoms with van der Waals surface area (Å²) in [4.78, 5) is 4.85. The molecule has 2 rings (SSSR count). The van der Waals surface area contributed by atoms with Crippen LogP contribution in [0.15, 0.2) is 12.3 Å². The number of pyridine rings is 1. The molecule has 15 heavy (non-hydrogen) atoms. The molecule has 1 aliphatic rings. The molecule has 2 nitrogen and oxygen atoms in total. The Morgan fingerprint density at radius 2 is 2.27 bits per heavy atom. The minimum atomic E-state index is 0.594. The fraction of sp³-hybridized carbons (Fsp3) is 0.583. The predicted octanol–water partition coefficient (Wildman–Crippen LogP) is 3.39. The largest absolute Gasteiger partial charge is 0.383 e. The molecule has 0 spiro atoms. The normalized spacial score (nSPS) is 26.5. The zero-order chi connectivity index (χ0) is 10.8. The van der Waals surface area contributed by atoms with Gasteiger partial charge in [0, 0.05) is 16.6 Å². The molecular weight excluding hydrogens is 252 g/mol. The first kappa shape index (κ1) is 10.9. The van der Waals surface area contributed by atoms with E-state index >= 15 is 0 Å². The lowest BCUT2D eigenvalue weighted by Crippen LogP contribution is -2.16. The third-order valence-electron chi connectivity index (χ3n) is 3.26. The van der Waals surface area contributed by atoms with E-state index in [-0.39, 0.29) is 0 Å². The summed E-state index contributed by atoms with van der Waals surface area (Å²) in [5, 5.41) is 0. The van der Waals surface area contributed by atoms with Gasteiger partial charge in [0.25, 0.3) is 0 Å². The van der Waals surface area contributed by atoms with E-state index in [0.29, 0.717) is 10.7 Å². The number of rotatable bonds is 1. The van der Waals surface area contributed by atoms with Crippen LogP contribution in [0.3, 0.4) is 0 Å². The number of hydrogen-bond acceptors (Lipinski definition) is 2. The van der Waals surface area contributed by atoms with Crippen molar-refractivity contribution in [1.82, 2.24) is 4.98 Å². The summed E-state index contributed by atoms with van der Waals surface area (Å²) in [6.45, 7) is 2.13. The quantitative estimate of drug-likeness (QED) is 0.793. The fourth-order valence-electron chi connectivity index (χ4n) is 2.51. The van der Waals surface area contributed by atoms with E-state index in [4.69, 9.17) is 5.73 Å². The molecule has 82 valence electrons. The first-order valence-electron chi connectivity index (χ1n) is 5.53. The maximum atomic E-state index is 5.97. The van der Waals surface area contributed by atoms with E-state index in [9.17, 15) is 0 Å². The zero-order valence-electron chi connectivity index (χ0n) is 9.04. The van der Waals surface area contributed by atoms with Gasteiger partial charge < -0.3 is 5.73 Å². The SMILES string of the molecule is Cc1ccnc(N)c1C1CCCC(Br)C1. The number of nitrogens with zero attached hydrogens (tertiary/aromatic N) is 1. The van der Waals surface area contributed by atoms with Crippen molar-refractivity contribution in [1.29, 1.82) is 0 Å². The molecule has 0 saturated heterocycles. The second-order valence-electron chi connectivity index (χ2n) is 4.39. The van der Waals surface area contributed by atoms with Crippen molar-refractivity contribution in [3.63, 3.8) is 0 Å². The van der Waals surface area contributed by atoms with Gasteiger partial charge in [0.05, 0.1) is 0 Å². The number of alkyl halides is 1. The van der Waals surface area contributed by atoms with Gasteiger partial charge >= 0.3 is 0 Å². The number of anilines is 1. The van der Waals surface area contributed by atoms with Crippen molar-refractivity contribution < 1.29 is 0 Å². The third-order valence-corrected chi connectivity index (χ3v) is 4.09. The number of nitrogens with two attached hydrogens (primary N) is 1. The highest BCUT2D eigenvalue weighted by molar-refractivity contribution is 9.09. The van der Waals surface area contributed by atoms with Crippen molar-refractivity contribution in [3.05, 3.63) is 23.4 Å². The van der Waals surface area contributed by atoms with Crippen LogP contribution in [0.1, 0.15) is 42.7 Å². The second kappa shape index (κ2) is 4.52. The summed E-state index contributed by atoms with van der Waals surface area (Å²) in [6.07, 6.45) is 6.81. The topological polar surface area (TPSA) is 38.9 Å². The van der Waals surface area contributed by atoms with Crippen LogP contribution in [0.25, 0.3) is 0 Å². The summed E-state index contributed by atoms with van der Waals surface area (Å²) < 4.78 is 0. The van der Waals surface area contributed by atoms with Crippen molar-refractivity contribution >= 4 is 21.7 Å². The number of halogens is 1. The molecule has 2 atom stereocenters. The fourth-order valence-corrected chi connectivity index (χ4v) is 3.29. The Kier molecular flexibility index (Phi) is 3.29. The molecule has 0 aromatic carbocycles. The van der Waals surface area contributed by atoms with Gasteiger partial charge in [-0.3, -0.25) is 0 Å². The van der Waals surface area contributed by atoms with Gasteiger partial charge in [-0.2, -0.15) is 0 Å². The lowest BCUT2D eigenvalue weighted by molar-refractivity contribution is 0.457. The number of nitrogen functional groups attached to an aromatic ring is 1. The third kappa shape index (κ3) is 2.33. The molecule has 3 heteroatoms. The molecule has 1 saturated carbocycles. The van der Waals surface area contributed by atoms with Crippen molar-refractivity contribution in [2.75, 3.05) is 5.73 Å². The van der Waals surface area contributed by atoms with Crippen LogP contribution in [-0.4, -0.2) is 9.81 Å². The first-order chi connectivity index (χ1) is 7.18. The molecule has 1 heterocycles. The van der Waals surface area contributed by atoms with Crippen LogP contribution in [0, 0.1) is 6.92 Å². The average molecular weight is 269 g/mol. The Labute approximate surface area is 99.4 Å². The van der Waals surface area contributed by atoms with Crippen LogP contribution >= 0.6 is 15.9 Å². The predicted molar refractivity (Wildman–Crippen MR) is 67.3 cm³/mol. The van der Waals surface area contributed by atoms with Gasteiger partial charge in [0.15, 0.2) is 0 Å². The maximum absolute atomic E-state index is 5.97. The van der Waals surface area contributed by atoms with Gasteiger partial charge in [-0.25, -0.2) is 4.98 Å². The highest BCUT2D eigenvalue weighted by Gasteiger charge is 2.24. The molecule has 0 aliphatic heterocycles. The zero-order valence-corrected chi connectivity index (χ0v) is 10.6. The highest BCUT2D eigenvalue weighted by Crippen LogP contribution is 2.38. The first-order valence-corrected chi connectivity index (χ1v) is 6.45. The number of hydrogen-bond donors (Lipinski definition) is 1. The second-order valence-corrected chi connectivity index (χ2v) is 5.68. The molecular formula is C12H17BrN2. The molecule has 0 radical (unpaired) electrons. The molecule has 2 N–H and O–H groups in total. The summed E-state index contributed by atoms with van der Waals surface area (Å²) in [7, 11) is 0. The van der Waals surface area contributed by atoms with Gasteiger partial charge in [-0.1, -0.05) is 22.4 Å². The van der Waals surface area contributed by atoms with E-state index in [1.165, 1.54) is 36.8 Å². The van der Waals surface area contributed by atoms with E-state index in [2.05, 4.69) is 33.9 Å². The molecule has 1 aromatic heterocycles. The summed E-state index contributed by atoms with van der Waals surface area (Å²) in [5.74, 6) is 1.32. The Balaban J connectivity index is 2.28. The van der Waals surface area contributed by atoms with Crippen molar-refractivity contribution in [2.24, 2.45) is 0 Å². The molecule has 2 unspecified atom stereocenters. The minimum absolute atomic E-state index is 0.594. The van der Waals surface area contributed by atoms with Crippen molar-refractivity contribution in [3.8, 4) is 0 Å². The highest BCUT2D eigenvalue weighted by atomic mass is 79.9. The van der Waals surface area contributed by atoms with Crippen LogP contribution in [0.5, 0.6) is 0 Å².